The molecule has 130 valence electrons. The van der Waals surface area contributed by atoms with E-state index in [9.17, 15) is 0 Å². The van der Waals surface area contributed by atoms with Gasteiger partial charge in [-0.2, -0.15) is 0 Å². The maximum atomic E-state index is 5.30. The summed E-state index contributed by atoms with van der Waals surface area (Å²) in [5.74, 6) is 0.897. The average Bonchev–Trinajstić information content (AvgIpc) is 2.65. The van der Waals surface area contributed by atoms with Crippen LogP contribution in [0.1, 0.15) is 17.2 Å². The van der Waals surface area contributed by atoms with Crippen molar-refractivity contribution < 1.29 is 4.74 Å². The van der Waals surface area contributed by atoms with Crippen molar-refractivity contribution in [2.45, 2.75) is 12.6 Å². The third kappa shape index (κ3) is 4.59. The SMILES string of the molecule is COc1ccc2cc(CN[C@@H](CN(C)C)c3ccccc3)ccc2c1. The third-order valence-electron chi connectivity index (χ3n) is 4.41. The number of hydrogen-bond acceptors (Lipinski definition) is 3. The molecule has 0 radical (unpaired) electrons. The molecule has 3 aromatic carbocycles. The lowest BCUT2D eigenvalue weighted by atomic mass is 10.0. The summed E-state index contributed by atoms with van der Waals surface area (Å²) in [4.78, 5) is 2.22. The molecule has 0 saturated carbocycles. The fourth-order valence-corrected chi connectivity index (χ4v) is 3.09. The van der Waals surface area contributed by atoms with Crippen LogP contribution in [-0.2, 0) is 6.54 Å². The van der Waals surface area contributed by atoms with Crippen molar-refractivity contribution in [2.24, 2.45) is 0 Å². The molecular weight excluding hydrogens is 308 g/mol. The highest BCUT2D eigenvalue weighted by Crippen LogP contribution is 2.22. The molecule has 0 heterocycles. The van der Waals surface area contributed by atoms with E-state index in [1.165, 1.54) is 21.9 Å². The summed E-state index contributed by atoms with van der Waals surface area (Å²) in [7, 11) is 5.93. The largest absolute Gasteiger partial charge is 0.497 e. The van der Waals surface area contributed by atoms with Gasteiger partial charge in [0, 0.05) is 19.1 Å². The lowest BCUT2D eigenvalue weighted by Gasteiger charge is -2.23. The van der Waals surface area contributed by atoms with E-state index in [1.54, 1.807) is 7.11 Å². The molecule has 0 saturated heterocycles. The Hall–Kier alpha value is -2.36. The van der Waals surface area contributed by atoms with Gasteiger partial charge in [-0.25, -0.2) is 0 Å². The van der Waals surface area contributed by atoms with E-state index < -0.39 is 0 Å². The Kier molecular flexibility index (Phi) is 5.69. The molecule has 1 atom stereocenters. The Bertz CT molecular complexity index is 815. The van der Waals surface area contributed by atoms with Crippen LogP contribution in [-0.4, -0.2) is 32.6 Å². The Labute approximate surface area is 150 Å². The molecule has 3 rings (SSSR count). The molecule has 0 unspecified atom stereocenters. The highest BCUT2D eigenvalue weighted by Gasteiger charge is 2.12. The zero-order valence-electron chi connectivity index (χ0n) is 15.2. The maximum absolute atomic E-state index is 5.30. The van der Waals surface area contributed by atoms with Crippen LogP contribution >= 0.6 is 0 Å². The molecule has 0 aromatic heterocycles. The number of hydrogen-bond donors (Lipinski definition) is 1. The average molecular weight is 334 g/mol. The maximum Gasteiger partial charge on any atom is 0.119 e. The van der Waals surface area contributed by atoms with Crippen LogP contribution in [0.5, 0.6) is 5.75 Å². The number of methoxy groups -OCH3 is 1. The highest BCUT2D eigenvalue weighted by molar-refractivity contribution is 5.84. The van der Waals surface area contributed by atoms with E-state index in [-0.39, 0.29) is 0 Å². The van der Waals surface area contributed by atoms with E-state index in [0.29, 0.717) is 6.04 Å². The summed E-state index contributed by atoms with van der Waals surface area (Å²) in [5, 5.41) is 6.15. The van der Waals surface area contributed by atoms with E-state index >= 15 is 0 Å². The Balaban J connectivity index is 1.75. The molecular formula is C22H26N2O. The van der Waals surface area contributed by atoms with Gasteiger partial charge in [0.05, 0.1) is 7.11 Å². The molecule has 0 bridgehead atoms. The van der Waals surface area contributed by atoms with E-state index in [1.807, 2.05) is 6.07 Å². The molecule has 0 aliphatic carbocycles. The zero-order valence-corrected chi connectivity index (χ0v) is 15.2. The smallest absolute Gasteiger partial charge is 0.119 e. The lowest BCUT2D eigenvalue weighted by Crippen LogP contribution is -2.30. The fourth-order valence-electron chi connectivity index (χ4n) is 3.09. The standard InChI is InChI=1S/C22H26N2O/c1-24(2)16-22(18-7-5-4-6-8-18)23-15-17-9-10-20-14-21(25-3)12-11-19(20)13-17/h4-14,22-23H,15-16H2,1-3H3/t22-/m0/s1. The quantitative estimate of drug-likeness (QED) is 0.699. The van der Waals surface area contributed by atoms with Gasteiger partial charge in [0.25, 0.3) is 0 Å². The first-order valence-electron chi connectivity index (χ1n) is 8.65. The number of nitrogens with one attached hydrogen (secondary N) is 1. The summed E-state index contributed by atoms with van der Waals surface area (Å²) in [6.45, 7) is 1.81. The predicted molar refractivity (Wildman–Crippen MR) is 105 cm³/mol. The number of fused-ring (bicyclic) bond motifs is 1. The minimum absolute atomic E-state index is 0.308. The van der Waals surface area contributed by atoms with Crippen molar-refractivity contribution in [2.75, 3.05) is 27.7 Å². The van der Waals surface area contributed by atoms with E-state index in [4.69, 9.17) is 4.74 Å². The Morgan fingerprint density at radius 2 is 1.64 bits per heavy atom. The first-order chi connectivity index (χ1) is 12.2. The van der Waals surface area contributed by atoms with Crippen LogP contribution in [0.15, 0.2) is 66.7 Å². The summed E-state index contributed by atoms with van der Waals surface area (Å²) < 4.78 is 5.30. The van der Waals surface area contributed by atoms with Crippen molar-refractivity contribution in [1.29, 1.82) is 0 Å². The number of nitrogens with zero attached hydrogens (tertiary/aromatic N) is 1. The summed E-state index contributed by atoms with van der Waals surface area (Å²) in [5.41, 5.74) is 2.61. The molecule has 25 heavy (non-hydrogen) atoms. The Morgan fingerprint density at radius 1 is 0.920 bits per heavy atom. The molecule has 0 aliphatic rings. The van der Waals surface area contributed by atoms with Gasteiger partial charge in [-0.1, -0.05) is 48.5 Å². The van der Waals surface area contributed by atoms with E-state index in [0.717, 1.165) is 18.8 Å². The van der Waals surface area contributed by atoms with Gasteiger partial charge in [-0.15, -0.1) is 0 Å². The molecule has 3 heteroatoms. The molecule has 1 N–H and O–H groups in total. The molecule has 3 nitrogen and oxygen atoms in total. The molecule has 0 fully saturated rings. The van der Waals surface area contributed by atoms with Gasteiger partial charge in [0.2, 0.25) is 0 Å². The van der Waals surface area contributed by atoms with Crippen LogP contribution in [0.25, 0.3) is 10.8 Å². The molecule has 0 amide bonds. The lowest BCUT2D eigenvalue weighted by molar-refractivity contribution is 0.340. The number of benzene rings is 3. The van der Waals surface area contributed by atoms with Gasteiger partial charge >= 0.3 is 0 Å². The minimum Gasteiger partial charge on any atom is -0.497 e. The van der Waals surface area contributed by atoms with Crippen molar-refractivity contribution in [3.05, 3.63) is 77.9 Å². The van der Waals surface area contributed by atoms with Crippen LogP contribution in [0.2, 0.25) is 0 Å². The molecule has 3 aromatic rings. The van der Waals surface area contributed by atoms with Crippen molar-refractivity contribution >= 4 is 10.8 Å². The van der Waals surface area contributed by atoms with Crippen LogP contribution in [0, 0.1) is 0 Å². The zero-order chi connectivity index (χ0) is 17.6. The van der Waals surface area contributed by atoms with Crippen molar-refractivity contribution in [1.82, 2.24) is 10.2 Å². The van der Waals surface area contributed by atoms with Crippen molar-refractivity contribution in [3.8, 4) is 5.75 Å². The topological polar surface area (TPSA) is 24.5 Å². The number of rotatable bonds is 7. The van der Waals surface area contributed by atoms with Crippen molar-refractivity contribution in [3.63, 3.8) is 0 Å². The monoisotopic (exact) mass is 334 g/mol. The van der Waals surface area contributed by atoms with Gasteiger partial charge in [-0.3, -0.25) is 0 Å². The fraction of sp³-hybridized carbons (Fsp3) is 0.273. The third-order valence-corrected chi connectivity index (χ3v) is 4.41. The first kappa shape index (κ1) is 17.5. The second kappa shape index (κ2) is 8.15. The van der Waals surface area contributed by atoms with Crippen LogP contribution in [0.3, 0.4) is 0 Å². The Morgan fingerprint density at radius 3 is 2.36 bits per heavy atom. The molecule has 0 spiro atoms. The van der Waals surface area contributed by atoms with Gasteiger partial charge in [0.15, 0.2) is 0 Å². The summed E-state index contributed by atoms with van der Waals surface area (Å²) in [6, 6.07) is 23.8. The van der Waals surface area contributed by atoms with Gasteiger partial charge in [-0.05, 0) is 54.2 Å². The molecule has 0 aliphatic heterocycles. The second-order valence-electron chi connectivity index (χ2n) is 6.65. The first-order valence-corrected chi connectivity index (χ1v) is 8.65. The summed E-state index contributed by atoms with van der Waals surface area (Å²) in [6.07, 6.45) is 0. The highest BCUT2D eigenvalue weighted by atomic mass is 16.5. The normalized spacial score (nSPS) is 12.5. The summed E-state index contributed by atoms with van der Waals surface area (Å²) >= 11 is 0. The van der Waals surface area contributed by atoms with Gasteiger partial charge in [0.1, 0.15) is 5.75 Å². The van der Waals surface area contributed by atoms with E-state index in [2.05, 4.69) is 85.0 Å². The van der Waals surface area contributed by atoms with Crippen LogP contribution < -0.4 is 10.1 Å². The van der Waals surface area contributed by atoms with Crippen LogP contribution in [0.4, 0.5) is 0 Å². The predicted octanol–water partition coefficient (Wildman–Crippen LogP) is 4.24. The second-order valence-corrected chi connectivity index (χ2v) is 6.65. The number of ether oxygens (including phenoxy) is 1. The number of likely N-dealkylation sites (N-methyl/N-ethyl adjacent to an activating group) is 1. The minimum atomic E-state index is 0.308. The van der Waals surface area contributed by atoms with Gasteiger partial charge < -0.3 is 15.0 Å².